The number of hydrogen-bond acceptors (Lipinski definition) is 5. The molecule has 1 unspecified atom stereocenters. The van der Waals surface area contributed by atoms with Crippen molar-refractivity contribution in [3.05, 3.63) is 137 Å². The van der Waals surface area contributed by atoms with Gasteiger partial charge in [0.2, 0.25) is 0 Å². The number of benzene rings is 2. The first-order valence-corrected chi connectivity index (χ1v) is 12.6. The number of aromatic nitrogens is 6. The van der Waals surface area contributed by atoms with Crippen molar-refractivity contribution in [2.45, 2.75) is 18.9 Å². The molecule has 8 heteroatoms. The zero-order valence-electron chi connectivity index (χ0n) is 21.0. The molecule has 1 N–H and O–H groups in total. The maximum Gasteiger partial charge on any atom is 0.159 e. The van der Waals surface area contributed by atoms with E-state index in [0.717, 1.165) is 22.2 Å². The average molecular weight is 521 g/mol. The van der Waals surface area contributed by atoms with Crippen LogP contribution in [-0.2, 0) is 19.1 Å². The molecular formula is C30H25ClN6O. The summed E-state index contributed by atoms with van der Waals surface area (Å²) in [4.78, 5) is 13.7. The Morgan fingerprint density at radius 3 is 2.47 bits per heavy atom. The van der Waals surface area contributed by atoms with Gasteiger partial charge in [-0.1, -0.05) is 54.1 Å². The van der Waals surface area contributed by atoms with Crippen LogP contribution in [0.25, 0.3) is 16.7 Å². The van der Waals surface area contributed by atoms with E-state index in [9.17, 15) is 5.11 Å². The van der Waals surface area contributed by atoms with Crippen LogP contribution in [0.4, 0.5) is 0 Å². The smallest absolute Gasteiger partial charge is 0.159 e. The van der Waals surface area contributed by atoms with Gasteiger partial charge in [-0.05, 0) is 42.3 Å². The number of hydrogen-bond donors (Lipinski definition) is 1. The molecule has 6 aromatic rings. The quantitative estimate of drug-likeness (QED) is 0.318. The second-order valence-corrected chi connectivity index (χ2v) is 9.74. The number of rotatable bonds is 6. The third-order valence-electron chi connectivity index (χ3n) is 6.87. The molecule has 0 aliphatic heterocycles. The topological polar surface area (TPSA) is 81.7 Å². The van der Waals surface area contributed by atoms with Crippen molar-refractivity contribution in [3.8, 4) is 5.82 Å². The number of imidazole rings is 1. The zero-order chi connectivity index (χ0) is 26.3. The first kappa shape index (κ1) is 24.0. The second-order valence-electron chi connectivity index (χ2n) is 9.36. The molecule has 0 aliphatic carbocycles. The van der Waals surface area contributed by atoms with Gasteiger partial charge in [0.25, 0.3) is 0 Å². The normalized spacial score (nSPS) is 13.1. The van der Waals surface area contributed by atoms with Gasteiger partial charge in [-0.25, -0.2) is 14.6 Å². The summed E-state index contributed by atoms with van der Waals surface area (Å²) in [6.07, 6.45) is 9.21. The van der Waals surface area contributed by atoms with Gasteiger partial charge in [-0.3, -0.25) is 4.98 Å². The standard InChI is InChI=1S/C30H25ClN6O/c1-20-9-10-23(17-33-20)30(38,27-18-32-19-36(27)2)22-11-12-26-24(16-22)28(31)25(15-21-7-4-3-5-8-21)29(35-26)37-14-6-13-34-37/h3-14,16-19,38H,15H2,1-2H3. The maximum atomic E-state index is 12.4. The van der Waals surface area contributed by atoms with Gasteiger partial charge in [0.1, 0.15) is 0 Å². The molecule has 4 heterocycles. The fourth-order valence-corrected chi connectivity index (χ4v) is 5.17. The summed E-state index contributed by atoms with van der Waals surface area (Å²) in [5, 5.41) is 18.1. The molecule has 0 radical (unpaired) electrons. The molecule has 4 aromatic heterocycles. The van der Waals surface area contributed by atoms with E-state index in [2.05, 4.69) is 27.2 Å². The summed E-state index contributed by atoms with van der Waals surface area (Å²) in [6.45, 7) is 1.92. The first-order valence-electron chi connectivity index (χ1n) is 12.2. The predicted octanol–water partition coefficient (Wildman–Crippen LogP) is 5.39. The van der Waals surface area contributed by atoms with Gasteiger partial charge in [-0.15, -0.1) is 0 Å². The van der Waals surface area contributed by atoms with E-state index in [1.54, 1.807) is 29.6 Å². The summed E-state index contributed by atoms with van der Waals surface area (Å²) in [6, 6.07) is 21.5. The number of halogens is 1. The van der Waals surface area contributed by atoms with Crippen molar-refractivity contribution in [2.75, 3.05) is 0 Å². The Morgan fingerprint density at radius 1 is 0.974 bits per heavy atom. The SMILES string of the molecule is Cc1ccc(C(O)(c2ccc3nc(-n4cccn4)c(Cc4ccccc4)c(Cl)c3c2)c2cncn2C)cn1. The predicted molar refractivity (Wildman–Crippen MR) is 147 cm³/mol. The van der Waals surface area contributed by atoms with Crippen molar-refractivity contribution >= 4 is 22.5 Å². The molecule has 0 saturated heterocycles. The molecule has 0 amide bonds. The minimum absolute atomic E-state index is 0.570. The monoisotopic (exact) mass is 520 g/mol. The van der Waals surface area contributed by atoms with Crippen LogP contribution >= 0.6 is 11.6 Å². The van der Waals surface area contributed by atoms with Crippen LogP contribution in [0, 0.1) is 6.92 Å². The average Bonchev–Trinajstić information content (AvgIpc) is 3.63. The summed E-state index contributed by atoms with van der Waals surface area (Å²) in [5.74, 6) is 0.675. The molecule has 0 bridgehead atoms. The lowest BCUT2D eigenvalue weighted by atomic mass is 9.83. The summed E-state index contributed by atoms with van der Waals surface area (Å²) >= 11 is 7.17. The first-order chi connectivity index (χ1) is 18.4. The van der Waals surface area contributed by atoms with Gasteiger partial charge >= 0.3 is 0 Å². The molecule has 0 aliphatic rings. The highest BCUT2D eigenvalue weighted by molar-refractivity contribution is 6.36. The Kier molecular flexibility index (Phi) is 6.02. The van der Waals surface area contributed by atoms with Crippen LogP contribution in [0.1, 0.15) is 33.6 Å². The van der Waals surface area contributed by atoms with Crippen LogP contribution in [0.3, 0.4) is 0 Å². The molecular weight excluding hydrogens is 496 g/mol. The van der Waals surface area contributed by atoms with Gasteiger partial charge in [0, 0.05) is 54.3 Å². The Labute approximate surface area is 225 Å². The van der Waals surface area contributed by atoms with Crippen molar-refractivity contribution in [3.63, 3.8) is 0 Å². The van der Waals surface area contributed by atoms with Crippen LogP contribution in [-0.4, -0.2) is 34.4 Å². The molecule has 38 heavy (non-hydrogen) atoms. The van der Waals surface area contributed by atoms with Crippen LogP contribution in [0.5, 0.6) is 0 Å². The number of aryl methyl sites for hydroxylation is 2. The maximum absolute atomic E-state index is 12.4. The van der Waals surface area contributed by atoms with E-state index < -0.39 is 5.60 Å². The summed E-state index contributed by atoms with van der Waals surface area (Å²) < 4.78 is 3.55. The van der Waals surface area contributed by atoms with E-state index in [1.807, 2.05) is 79.3 Å². The van der Waals surface area contributed by atoms with Crippen molar-refractivity contribution in [1.29, 1.82) is 0 Å². The van der Waals surface area contributed by atoms with Crippen LogP contribution < -0.4 is 0 Å². The van der Waals surface area contributed by atoms with Gasteiger partial charge in [0.05, 0.1) is 28.8 Å². The van der Waals surface area contributed by atoms with Gasteiger partial charge in [-0.2, -0.15) is 5.10 Å². The highest BCUT2D eigenvalue weighted by Gasteiger charge is 2.37. The number of aliphatic hydroxyl groups is 1. The molecule has 2 aromatic carbocycles. The van der Waals surface area contributed by atoms with E-state index in [1.165, 1.54) is 0 Å². The molecule has 0 spiro atoms. The largest absolute Gasteiger partial charge is 0.374 e. The lowest BCUT2D eigenvalue weighted by Gasteiger charge is -2.30. The molecule has 1 atom stereocenters. The van der Waals surface area contributed by atoms with Crippen LogP contribution in [0.15, 0.2) is 97.8 Å². The molecule has 7 nitrogen and oxygen atoms in total. The van der Waals surface area contributed by atoms with E-state index >= 15 is 0 Å². The zero-order valence-corrected chi connectivity index (χ0v) is 21.7. The lowest BCUT2D eigenvalue weighted by Crippen LogP contribution is -2.31. The third-order valence-corrected chi connectivity index (χ3v) is 7.31. The third kappa shape index (κ3) is 4.06. The summed E-state index contributed by atoms with van der Waals surface area (Å²) in [7, 11) is 1.86. The fraction of sp³-hybridized carbons (Fsp3) is 0.133. The Balaban J connectivity index is 1.59. The Hall–Kier alpha value is -4.33. The van der Waals surface area contributed by atoms with Crippen molar-refractivity contribution < 1.29 is 5.11 Å². The van der Waals surface area contributed by atoms with Gasteiger partial charge < -0.3 is 9.67 Å². The van der Waals surface area contributed by atoms with E-state index in [0.29, 0.717) is 39.6 Å². The molecule has 6 rings (SSSR count). The number of fused-ring (bicyclic) bond motifs is 1. The van der Waals surface area contributed by atoms with Crippen LogP contribution in [0.2, 0.25) is 5.02 Å². The highest BCUT2D eigenvalue weighted by atomic mass is 35.5. The molecule has 0 fully saturated rings. The Bertz CT molecular complexity index is 1730. The van der Waals surface area contributed by atoms with Gasteiger partial charge in [0.15, 0.2) is 11.4 Å². The van der Waals surface area contributed by atoms with E-state index in [4.69, 9.17) is 16.6 Å². The molecule has 0 saturated carbocycles. The second kappa shape index (κ2) is 9.52. The summed E-state index contributed by atoms with van der Waals surface area (Å²) in [5.41, 5.74) is 3.91. The van der Waals surface area contributed by atoms with E-state index in [-0.39, 0.29) is 0 Å². The van der Waals surface area contributed by atoms with Crippen molar-refractivity contribution in [2.24, 2.45) is 7.05 Å². The molecule has 188 valence electrons. The minimum Gasteiger partial charge on any atom is -0.374 e. The fourth-order valence-electron chi connectivity index (χ4n) is 4.87. The number of pyridine rings is 2. The minimum atomic E-state index is -1.51. The Morgan fingerprint density at radius 2 is 1.79 bits per heavy atom. The lowest BCUT2D eigenvalue weighted by molar-refractivity contribution is 0.117. The number of nitrogens with zero attached hydrogens (tertiary/aromatic N) is 6. The van der Waals surface area contributed by atoms with Crippen molar-refractivity contribution in [1.82, 2.24) is 29.3 Å². The highest BCUT2D eigenvalue weighted by Crippen LogP contribution is 2.39.